The molecule has 1 aromatic carbocycles. The van der Waals surface area contributed by atoms with E-state index in [1.165, 1.54) is 12.8 Å². The highest BCUT2D eigenvalue weighted by molar-refractivity contribution is 5.94. The predicted octanol–water partition coefficient (Wildman–Crippen LogP) is 3.44. The van der Waals surface area contributed by atoms with Gasteiger partial charge in [0.2, 0.25) is 0 Å². The fourth-order valence-electron chi connectivity index (χ4n) is 2.76. The summed E-state index contributed by atoms with van der Waals surface area (Å²) in [6, 6.07) is 7.80. The molecule has 0 aromatic heterocycles. The zero-order valence-corrected chi connectivity index (χ0v) is 17.5. The minimum atomic E-state index is -0.306. The second-order valence-corrected chi connectivity index (χ2v) is 6.38. The first kappa shape index (κ1) is 25.4. The number of ether oxygens (including phenoxy) is 1. The van der Waals surface area contributed by atoms with Crippen LogP contribution in [0.15, 0.2) is 24.3 Å². The van der Waals surface area contributed by atoms with Crippen molar-refractivity contribution in [3.8, 4) is 0 Å². The minimum absolute atomic E-state index is 0. The molecule has 1 aromatic rings. The maximum absolute atomic E-state index is 12.1. The Hall–Kier alpha value is -1.63. The van der Waals surface area contributed by atoms with Crippen molar-refractivity contribution in [2.24, 2.45) is 5.84 Å². The number of amides is 1. The number of unbranched alkanes of at least 4 members (excludes halogenated alkanes) is 1. The quantitative estimate of drug-likeness (QED) is 0.319. The van der Waals surface area contributed by atoms with Gasteiger partial charge in [0, 0.05) is 24.7 Å². The molecule has 27 heavy (non-hydrogen) atoms. The van der Waals surface area contributed by atoms with Crippen LogP contribution in [0.2, 0.25) is 0 Å². The molecule has 0 aliphatic rings. The van der Waals surface area contributed by atoms with Gasteiger partial charge in [0.25, 0.3) is 5.91 Å². The van der Waals surface area contributed by atoms with Crippen molar-refractivity contribution < 1.29 is 14.3 Å². The van der Waals surface area contributed by atoms with Crippen molar-refractivity contribution in [1.29, 1.82) is 0 Å². The van der Waals surface area contributed by atoms with Crippen LogP contribution >= 0.6 is 12.4 Å². The van der Waals surface area contributed by atoms with E-state index in [1.54, 1.807) is 19.1 Å². The lowest BCUT2D eigenvalue weighted by Gasteiger charge is -2.26. The monoisotopic (exact) mass is 399 g/mol. The molecule has 1 rings (SSSR count). The Balaban J connectivity index is 0.00000676. The molecule has 0 heterocycles. The number of nitrogens with two attached hydrogens (primary N) is 1. The standard InChI is InChI=1S/C20H33N3O3.ClH/c1-4-7-8-18(5-2)23(21)15-16-9-11-17(12-10-16)20(25)22-14-13-19(24)26-6-3;/h9-12,18H,4-8,13-15,21H2,1-3H3,(H,22,25);1H. The van der Waals surface area contributed by atoms with Gasteiger partial charge in [-0.2, -0.15) is 0 Å². The Kier molecular flexibility index (Phi) is 13.6. The van der Waals surface area contributed by atoms with E-state index in [4.69, 9.17) is 10.6 Å². The number of nitrogens with one attached hydrogen (secondary N) is 1. The van der Waals surface area contributed by atoms with Gasteiger partial charge in [-0.15, -0.1) is 12.4 Å². The van der Waals surface area contributed by atoms with E-state index in [1.807, 2.05) is 17.1 Å². The van der Waals surface area contributed by atoms with Crippen molar-refractivity contribution in [3.05, 3.63) is 35.4 Å². The molecule has 1 atom stereocenters. The number of carbonyl (C=O) groups excluding carboxylic acids is 2. The number of carbonyl (C=O) groups is 2. The summed E-state index contributed by atoms with van der Waals surface area (Å²) >= 11 is 0. The first-order valence-electron chi connectivity index (χ1n) is 9.55. The smallest absolute Gasteiger partial charge is 0.307 e. The van der Waals surface area contributed by atoms with E-state index < -0.39 is 0 Å². The summed E-state index contributed by atoms with van der Waals surface area (Å²) in [4.78, 5) is 23.4. The van der Waals surface area contributed by atoms with Crippen molar-refractivity contribution in [2.45, 2.75) is 65.5 Å². The molecule has 0 spiro atoms. The molecule has 1 amide bonds. The van der Waals surface area contributed by atoms with Crippen LogP contribution in [0.3, 0.4) is 0 Å². The van der Waals surface area contributed by atoms with Crippen LogP contribution in [0.5, 0.6) is 0 Å². The highest BCUT2D eigenvalue weighted by atomic mass is 35.5. The molecule has 0 radical (unpaired) electrons. The van der Waals surface area contributed by atoms with Gasteiger partial charge in [0.1, 0.15) is 0 Å². The first-order chi connectivity index (χ1) is 12.5. The number of nitrogens with zero attached hydrogens (tertiary/aromatic N) is 1. The Morgan fingerprint density at radius 3 is 2.41 bits per heavy atom. The number of esters is 1. The minimum Gasteiger partial charge on any atom is -0.466 e. The van der Waals surface area contributed by atoms with Gasteiger partial charge in [-0.1, -0.05) is 38.8 Å². The molecular weight excluding hydrogens is 366 g/mol. The van der Waals surface area contributed by atoms with Gasteiger partial charge in [-0.25, -0.2) is 5.01 Å². The van der Waals surface area contributed by atoms with Gasteiger partial charge in [-0.05, 0) is 37.5 Å². The zero-order valence-electron chi connectivity index (χ0n) is 16.7. The summed E-state index contributed by atoms with van der Waals surface area (Å²) in [5, 5.41) is 4.62. The zero-order chi connectivity index (χ0) is 19.4. The average molecular weight is 400 g/mol. The maximum atomic E-state index is 12.1. The summed E-state index contributed by atoms with van der Waals surface area (Å²) in [6.07, 6.45) is 4.65. The van der Waals surface area contributed by atoms with Crippen molar-refractivity contribution >= 4 is 24.3 Å². The molecule has 154 valence electrons. The Bertz CT molecular complexity index is 552. The van der Waals surface area contributed by atoms with E-state index in [9.17, 15) is 9.59 Å². The van der Waals surface area contributed by atoms with Gasteiger partial charge in [-0.3, -0.25) is 15.4 Å². The van der Waals surface area contributed by atoms with Gasteiger partial charge < -0.3 is 10.1 Å². The number of hydrogen-bond acceptors (Lipinski definition) is 5. The molecular formula is C20H34ClN3O3. The van der Waals surface area contributed by atoms with E-state index in [-0.39, 0.29) is 37.2 Å². The lowest BCUT2D eigenvalue weighted by molar-refractivity contribution is -0.142. The summed E-state index contributed by atoms with van der Waals surface area (Å²) in [7, 11) is 0. The number of hydrazine groups is 1. The Morgan fingerprint density at radius 2 is 1.85 bits per heavy atom. The maximum Gasteiger partial charge on any atom is 0.307 e. The lowest BCUT2D eigenvalue weighted by atomic mass is 10.1. The third kappa shape index (κ3) is 9.75. The topological polar surface area (TPSA) is 84.7 Å². The van der Waals surface area contributed by atoms with Crippen LogP contribution in [0.25, 0.3) is 0 Å². The average Bonchev–Trinajstić information content (AvgIpc) is 2.63. The molecule has 0 bridgehead atoms. The van der Waals surface area contributed by atoms with Crippen LogP contribution in [0.1, 0.15) is 68.8 Å². The van der Waals surface area contributed by atoms with Gasteiger partial charge >= 0.3 is 5.97 Å². The number of hydrogen-bond donors (Lipinski definition) is 2. The van der Waals surface area contributed by atoms with Crippen LogP contribution < -0.4 is 11.2 Å². The Morgan fingerprint density at radius 1 is 1.19 bits per heavy atom. The van der Waals surface area contributed by atoms with Crippen molar-refractivity contribution in [2.75, 3.05) is 13.2 Å². The molecule has 0 fully saturated rings. The summed E-state index contributed by atoms with van der Waals surface area (Å²) in [5.41, 5.74) is 1.64. The Labute approximate surface area is 169 Å². The second-order valence-electron chi connectivity index (χ2n) is 6.38. The SMILES string of the molecule is CCCCC(CC)N(N)Cc1ccc(C(=O)NCCC(=O)OCC)cc1.Cl. The largest absolute Gasteiger partial charge is 0.466 e. The van der Waals surface area contributed by atoms with E-state index in [0.717, 1.165) is 18.4 Å². The molecule has 0 saturated carbocycles. The summed E-state index contributed by atoms with van der Waals surface area (Å²) in [5.74, 6) is 5.73. The molecule has 0 aliphatic heterocycles. The third-order valence-corrected chi connectivity index (χ3v) is 4.33. The second kappa shape index (κ2) is 14.4. The van der Waals surface area contributed by atoms with E-state index >= 15 is 0 Å². The lowest BCUT2D eigenvalue weighted by Crippen LogP contribution is -2.40. The number of benzene rings is 1. The number of rotatable bonds is 12. The highest BCUT2D eigenvalue weighted by Gasteiger charge is 2.13. The highest BCUT2D eigenvalue weighted by Crippen LogP contribution is 2.13. The van der Waals surface area contributed by atoms with Gasteiger partial charge in [0.05, 0.1) is 13.0 Å². The van der Waals surface area contributed by atoms with Crippen LogP contribution in [0, 0.1) is 0 Å². The predicted molar refractivity (Wildman–Crippen MR) is 111 cm³/mol. The van der Waals surface area contributed by atoms with Crippen LogP contribution in [-0.4, -0.2) is 36.1 Å². The van der Waals surface area contributed by atoms with E-state index in [2.05, 4.69) is 19.2 Å². The number of halogens is 1. The first-order valence-corrected chi connectivity index (χ1v) is 9.55. The normalized spacial score (nSPS) is 11.6. The molecule has 1 unspecified atom stereocenters. The molecule has 0 aliphatic carbocycles. The molecule has 3 N–H and O–H groups in total. The molecule has 6 nitrogen and oxygen atoms in total. The van der Waals surface area contributed by atoms with E-state index in [0.29, 0.717) is 24.8 Å². The van der Waals surface area contributed by atoms with Crippen molar-refractivity contribution in [1.82, 2.24) is 10.3 Å². The molecule has 7 heteroatoms. The van der Waals surface area contributed by atoms with Crippen LogP contribution in [-0.2, 0) is 16.1 Å². The third-order valence-electron chi connectivity index (χ3n) is 4.33. The van der Waals surface area contributed by atoms with Crippen molar-refractivity contribution in [3.63, 3.8) is 0 Å². The fraction of sp³-hybridized carbons (Fsp3) is 0.600. The van der Waals surface area contributed by atoms with Crippen LogP contribution in [0.4, 0.5) is 0 Å². The fourth-order valence-corrected chi connectivity index (χ4v) is 2.76. The van der Waals surface area contributed by atoms with Gasteiger partial charge in [0.15, 0.2) is 0 Å². The summed E-state index contributed by atoms with van der Waals surface area (Å²) in [6.45, 7) is 7.38. The summed E-state index contributed by atoms with van der Waals surface area (Å²) < 4.78 is 4.83. The molecule has 0 saturated heterocycles.